The number of benzene rings is 1. The third-order valence-electron chi connectivity index (χ3n) is 4.45. The first-order chi connectivity index (χ1) is 10.5. The molecule has 1 aromatic carbocycles. The predicted molar refractivity (Wildman–Crippen MR) is 96.4 cm³/mol. The lowest BCUT2D eigenvalue weighted by atomic mass is 9.91. The molecule has 1 aliphatic rings. The van der Waals surface area contributed by atoms with E-state index in [2.05, 4.69) is 17.1 Å². The Bertz CT molecular complexity index is 525. The fourth-order valence-corrected chi connectivity index (χ4v) is 3.21. The van der Waals surface area contributed by atoms with E-state index in [9.17, 15) is 4.79 Å². The molecule has 5 nitrogen and oxygen atoms in total. The molecule has 1 amide bonds. The van der Waals surface area contributed by atoms with E-state index in [1.165, 1.54) is 6.42 Å². The topological polar surface area (TPSA) is 67.6 Å². The SMILES string of the molecule is COc1ccc(C)cc1NC(=O)CN1CCCC(C)C1CN.Cl. The lowest BCUT2D eigenvalue weighted by molar-refractivity contribution is -0.118. The zero-order chi connectivity index (χ0) is 16.1. The molecule has 2 rings (SSSR count). The Morgan fingerprint density at radius 3 is 2.87 bits per heavy atom. The number of amides is 1. The second-order valence-electron chi connectivity index (χ2n) is 6.14. The maximum Gasteiger partial charge on any atom is 0.238 e. The molecule has 0 spiro atoms. The Labute approximate surface area is 145 Å². The standard InChI is InChI=1S/C17H27N3O2.ClH/c1-12-6-7-16(22-3)14(9-12)19-17(21)11-20-8-4-5-13(2)15(20)10-18;/h6-7,9,13,15H,4-5,8,10-11,18H2,1-3H3,(H,19,21);1H. The summed E-state index contributed by atoms with van der Waals surface area (Å²) in [5, 5.41) is 2.96. The Morgan fingerprint density at radius 2 is 2.22 bits per heavy atom. The molecule has 0 saturated carbocycles. The van der Waals surface area contributed by atoms with Gasteiger partial charge in [0.25, 0.3) is 0 Å². The van der Waals surface area contributed by atoms with E-state index in [-0.39, 0.29) is 18.3 Å². The molecule has 2 atom stereocenters. The van der Waals surface area contributed by atoms with Gasteiger partial charge in [0, 0.05) is 12.6 Å². The Morgan fingerprint density at radius 1 is 1.48 bits per heavy atom. The van der Waals surface area contributed by atoms with E-state index >= 15 is 0 Å². The Hall–Kier alpha value is -1.30. The fourth-order valence-electron chi connectivity index (χ4n) is 3.21. The first-order valence-electron chi connectivity index (χ1n) is 7.93. The van der Waals surface area contributed by atoms with Gasteiger partial charge in [-0.1, -0.05) is 13.0 Å². The summed E-state index contributed by atoms with van der Waals surface area (Å²) in [7, 11) is 1.61. The molecule has 6 heteroatoms. The number of nitrogens with one attached hydrogen (secondary N) is 1. The van der Waals surface area contributed by atoms with Crippen molar-refractivity contribution in [3.8, 4) is 5.75 Å². The number of hydrogen-bond donors (Lipinski definition) is 2. The van der Waals surface area contributed by atoms with Crippen molar-refractivity contribution in [1.29, 1.82) is 0 Å². The van der Waals surface area contributed by atoms with E-state index < -0.39 is 0 Å². The summed E-state index contributed by atoms with van der Waals surface area (Å²) in [6, 6.07) is 6.05. The van der Waals surface area contributed by atoms with Crippen molar-refractivity contribution in [2.45, 2.75) is 32.7 Å². The van der Waals surface area contributed by atoms with E-state index in [0.717, 1.165) is 24.2 Å². The van der Waals surface area contributed by atoms with Crippen LogP contribution in [0.5, 0.6) is 5.75 Å². The van der Waals surface area contributed by atoms with Gasteiger partial charge in [-0.25, -0.2) is 0 Å². The van der Waals surface area contributed by atoms with Crippen molar-refractivity contribution in [3.63, 3.8) is 0 Å². The van der Waals surface area contributed by atoms with Crippen LogP contribution in [0.25, 0.3) is 0 Å². The monoisotopic (exact) mass is 341 g/mol. The summed E-state index contributed by atoms with van der Waals surface area (Å²) in [5.74, 6) is 1.21. The summed E-state index contributed by atoms with van der Waals surface area (Å²) in [6.45, 7) is 6.12. The number of rotatable bonds is 5. The molecule has 0 radical (unpaired) electrons. The molecule has 0 aromatic heterocycles. The van der Waals surface area contributed by atoms with Gasteiger partial charge >= 0.3 is 0 Å². The minimum atomic E-state index is -0.0172. The van der Waals surface area contributed by atoms with Crippen LogP contribution in [0.4, 0.5) is 5.69 Å². The van der Waals surface area contributed by atoms with Crippen molar-refractivity contribution in [2.75, 3.05) is 32.1 Å². The minimum absolute atomic E-state index is 0. The molecular weight excluding hydrogens is 314 g/mol. The van der Waals surface area contributed by atoms with Crippen molar-refractivity contribution in [3.05, 3.63) is 23.8 Å². The number of aryl methyl sites for hydroxylation is 1. The van der Waals surface area contributed by atoms with Gasteiger partial charge in [0.2, 0.25) is 5.91 Å². The number of hydrogen-bond acceptors (Lipinski definition) is 4. The normalized spacial score (nSPS) is 21.4. The zero-order valence-electron chi connectivity index (χ0n) is 14.2. The van der Waals surface area contributed by atoms with Crippen molar-refractivity contribution < 1.29 is 9.53 Å². The fraction of sp³-hybridized carbons (Fsp3) is 0.588. The van der Waals surface area contributed by atoms with Gasteiger partial charge in [0.1, 0.15) is 5.75 Å². The molecule has 23 heavy (non-hydrogen) atoms. The van der Waals surface area contributed by atoms with Crippen molar-refractivity contribution >= 4 is 24.0 Å². The summed E-state index contributed by atoms with van der Waals surface area (Å²) >= 11 is 0. The van der Waals surface area contributed by atoms with Crippen LogP contribution in [0.2, 0.25) is 0 Å². The first kappa shape index (κ1) is 19.7. The molecular formula is C17H28ClN3O2. The molecule has 1 aromatic rings. The summed E-state index contributed by atoms with van der Waals surface area (Å²) in [4.78, 5) is 14.6. The third-order valence-corrected chi connectivity index (χ3v) is 4.45. The van der Waals surface area contributed by atoms with Gasteiger partial charge in [-0.3, -0.25) is 9.69 Å². The minimum Gasteiger partial charge on any atom is -0.495 e. The van der Waals surface area contributed by atoms with Crippen molar-refractivity contribution in [1.82, 2.24) is 4.90 Å². The van der Waals surface area contributed by atoms with Crippen molar-refractivity contribution in [2.24, 2.45) is 11.7 Å². The molecule has 0 aliphatic carbocycles. The molecule has 2 unspecified atom stereocenters. The largest absolute Gasteiger partial charge is 0.495 e. The molecule has 0 bridgehead atoms. The highest BCUT2D eigenvalue weighted by Gasteiger charge is 2.28. The maximum atomic E-state index is 12.4. The average Bonchev–Trinajstić information content (AvgIpc) is 2.47. The predicted octanol–water partition coefficient (Wildman–Crippen LogP) is 2.42. The highest BCUT2D eigenvalue weighted by Crippen LogP contribution is 2.26. The van der Waals surface area contributed by atoms with E-state index in [1.54, 1.807) is 7.11 Å². The number of anilines is 1. The Balaban J connectivity index is 0.00000264. The molecule has 3 N–H and O–H groups in total. The molecule has 130 valence electrons. The van der Waals surface area contributed by atoms with Crippen LogP contribution >= 0.6 is 12.4 Å². The van der Waals surface area contributed by atoms with Gasteiger partial charge in [0.05, 0.1) is 19.3 Å². The van der Waals surface area contributed by atoms with Gasteiger partial charge in [0.15, 0.2) is 0 Å². The molecule has 1 heterocycles. The van der Waals surface area contributed by atoms with Crippen LogP contribution in [0.15, 0.2) is 18.2 Å². The highest BCUT2D eigenvalue weighted by molar-refractivity contribution is 5.93. The van der Waals surface area contributed by atoms with Crippen LogP contribution in [-0.2, 0) is 4.79 Å². The number of likely N-dealkylation sites (tertiary alicyclic amines) is 1. The summed E-state index contributed by atoms with van der Waals surface area (Å²) < 4.78 is 5.30. The average molecular weight is 342 g/mol. The van der Waals surface area contributed by atoms with E-state index in [4.69, 9.17) is 10.5 Å². The summed E-state index contributed by atoms with van der Waals surface area (Å²) in [5.41, 5.74) is 7.69. The van der Waals surface area contributed by atoms with Crippen LogP contribution < -0.4 is 15.8 Å². The zero-order valence-corrected chi connectivity index (χ0v) is 15.0. The highest BCUT2D eigenvalue weighted by atomic mass is 35.5. The van der Waals surface area contributed by atoms with Gasteiger partial charge in [-0.2, -0.15) is 0 Å². The van der Waals surface area contributed by atoms with Crippen LogP contribution in [0, 0.1) is 12.8 Å². The number of carbonyl (C=O) groups excluding carboxylic acids is 1. The summed E-state index contributed by atoms with van der Waals surface area (Å²) in [6.07, 6.45) is 2.31. The quantitative estimate of drug-likeness (QED) is 0.863. The molecule has 1 saturated heterocycles. The van der Waals surface area contributed by atoms with Gasteiger partial charge in [-0.05, 0) is 49.9 Å². The number of methoxy groups -OCH3 is 1. The number of piperidine rings is 1. The van der Waals surface area contributed by atoms with Gasteiger partial charge in [-0.15, -0.1) is 12.4 Å². The van der Waals surface area contributed by atoms with E-state index in [0.29, 0.717) is 30.8 Å². The lowest BCUT2D eigenvalue weighted by Crippen LogP contribution is -2.51. The third kappa shape index (κ3) is 5.09. The number of nitrogens with zero attached hydrogens (tertiary/aromatic N) is 1. The van der Waals surface area contributed by atoms with Crippen LogP contribution in [0.1, 0.15) is 25.3 Å². The smallest absolute Gasteiger partial charge is 0.238 e. The first-order valence-corrected chi connectivity index (χ1v) is 7.93. The maximum absolute atomic E-state index is 12.4. The second-order valence-corrected chi connectivity index (χ2v) is 6.14. The Kier molecular flexibility index (Phi) is 7.82. The lowest BCUT2D eigenvalue weighted by Gasteiger charge is -2.38. The van der Waals surface area contributed by atoms with Crippen LogP contribution in [-0.4, -0.2) is 43.6 Å². The molecule has 1 fully saturated rings. The number of halogens is 1. The van der Waals surface area contributed by atoms with Gasteiger partial charge < -0.3 is 15.8 Å². The van der Waals surface area contributed by atoms with E-state index in [1.807, 2.05) is 25.1 Å². The number of nitrogens with two attached hydrogens (primary N) is 1. The van der Waals surface area contributed by atoms with Crippen LogP contribution in [0.3, 0.4) is 0 Å². The molecule has 1 aliphatic heterocycles. The number of carbonyl (C=O) groups is 1. The number of ether oxygens (including phenoxy) is 1. The second kappa shape index (κ2) is 9.11.